The number of hydrogen-bond acceptors (Lipinski definition) is 3. The van der Waals surface area contributed by atoms with Gasteiger partial charge >= 0.3 is 0 Å². The summed E-state index contributed by atoms with van der Waals surface area (Å²) in [5.74, 6) is -0.0920. The van der Waals surface area contributed by atoms with E-state index in [1.165, 1.54) is 0 Å². The van der Waals surface area contributed by atoms with Gasteiger partial charge in [0.2, 0.25) is 0 Å². The second-order valence-electron chi connectivity index (χ2n) is 7.33. The molecule has 0 aliphatic heterocycles. The van der Waals surface area contributed by atoms with Crippen molar-refractivity contribution in [3.05, 3.63) is 125 Å². The number of aromatic nitrogens is 2. The number of amides is 1. The first-order valence-electron chi connectivity index (χ1n) is 10.3. The van der Waals surface area contributed by atoms with E-state index < -0.39 is 0 Å². The van der Waals surface area contributed by atoms with Crippen LogP contribution in [0.2, 0.25) is 0 Å². The van der Waals surface area contributed by atoms with Gasteiger partial charge in [0.15, 0.2) is 0 Å². The minimum atomic E-state index is -0.0920. The molecule has 1 heterocycles. The highest BCUT2D eigenvalue weighted by molar-refractivity contribution is 5.94. The molecular weight excluding hydrogens is 386 g/mol. The summed E-state index contributed by atoms with van der Waals surface area (Å²) in [4.78, 5) is 12.6. The zero-order valence-corrected chi connectivity index (χ0v) is 17.3. The quantitative estimate of drug-likeness (QED) is 0.439. The highest BCUT2D eigenvalue weighted by Crippen LogP contribution is 2.13. The fourth-order valence-electron chi connectivity index (χ4n) is 3.34. The lowest BCUT2D eigenvalue weighted by Gasteiger charge is -2.12. The molecule has 156 valence electrons. The van der Waals surface area contributed by atoms with Crippen molar-refractivity contribution >= 4 is 5.91 Å². The zero-order valence-electron chi connectivity index (χ0n) is 17.3. The largest absolute Gasteiger partial charge is 0.372 e. The molecule has 1 aromatic heterocycles. The van der Waals surface area contributed by atoms with E-state index in [0.29, 0.717) is 31.9 Å². The maximum atomic E-state index is 12.6. The van der Waals surface area contributed by atoms with Crippen molar-refractivity contribution in [2.75, 3.05) is 0 Å². The van der Waals surface area contributed by atoms with E-state index in [-0.39, 0.29) is 5.91 Å². The van der Waals surface area contributed by atoms with Crippen LogP contribution in [-0.2, 0) is 31.0 Å². The van der Waals surface area contributed by atoms with Gasteiger partial charge in [0.25, 0.3) is 5.91 Å². The van der Waals surface area contributed by atoms with E-state index in [9.17, 15) is 4.79 Å². The molecule has 0 bridgehead atoms. The summed E-state index contributed by atoms with van der Waals surface area (Å²) in [6.45, 7) is 2.21. The van der Waals surface area contributed by atoms with E-state index in [4.69, 9.17) is 4.74 Å². The molecule has 0 saturated heterocycles. The molecule has 4 rings (SSSR count). The summed E-state index contributed by atoms with van der Waals surface area (Å²) in [6.07, 6.45) is 3.67. The average Bonchev–Trinajstić information content (AvgIpc) is 3.32. The molecular formula is C26H25N3O2. The van der Waals surface area contributed by atoms with Crippen molar-refractivity contribution in [1.82, 2.24) is 15.1 Å². The maximum absolute atomic E-state index is 12.6. The number of ether oxygens (including phenoxy) is 1. The van der Waals surface area contributed by atoms with Crippen LogP contribution in [0.4, 0.5) is 0 Å². The summed E-state index contributed by atoms with van der Waals surface area (Å²) in [5.41, 5.74) is 5.01. The molecule has 31 heavy (non-hydrogen) atoms. The van der Waals surface area contributed by atoms with Crippen molar-refractivity contribution in [1.29, 1.82) is 0 Å². The van der Waals surface area contributed by atoms with E-state index >= 15 is 0 Å². The molecule has 0 aliphatic rings. The summed E-state index contributed by atoms with van der Waals surface area (Å²) in [5, 5.41) is 7.22. The zero-order chi connectivity index (χ0) is 21.3. The standard InChI is InChI=1S/C26H25N3O2/c30-26(23-13-11-21(12-14-23)18-29-16-6-15-28-29)27-17-24-9-4-5-10-25(24)20-31-19-22-7-2-1-3-8-22/h1-16H,17-20H2,(H,27,30). The minimum absolute atomic E-state index is 0.0920. The van der Waals surface area contributed by atoms with Gasteiger partial charge in [-0.05, 0) is 40.5 Å². The molecule has 5 heteroatoms. The van der Waals surface area contributed by atoms with Gasteiger partial charge in [0.1, 0.15) is 0 Å². The highest BCUT2D eigenvalue weighted by atomic mass is 16.5. The Morgan fingerprint density at radius 2 is 1.55 bits per heavy atom. The Labute approximate surface area is 182 Å². The van der Waals surface area contributed by atoms with E-state index in [1.807, 2.05) is 95.8 Å². The number of benzene rings is 3. The van der Waals surface area contributed by atoms with Crippen LogP contribution < -0.4 is 5.32 Å². The number of rotatable bonds is 9. The number of carbonyl (C=O) groups excluding carboxylic acids is 1. The van der Waals surface area contributed by atoms with Gasteiger partial charge in [-0.1, -0.05) is 66.7 Å². The first-order valence-corrected chi connectivity index (χ1v) is 10.3. The van der Waals surface area contributed by atoms with Crippen LogP contribution in [-0.4, -0.2) is 15.7 Å². The molecule has 4 aromatic rings. The predicted molar refractivity (Wildman–Crippen MR) is 120 cm³/mol. The van der Waals surface area contributed by atoms with E-state index in [1.54, 1.807) is 6.20 Å². The van der Waals surface area contributed by atoms with Gasteiger partial charge < -0.3 is 10.1 Å². The summed E-state index contributed by atoms with van der Waals surface area (Å²) >= 11 is 0. The number of hydrogen-bond donors (Lipinski definition) is 1. The molecule has 0 atom stereocenters. The van der Waals surface area contributed by atoms with Crippen molar-refractivity contribution in [3.63, 3.8) is 0 Å². The Balaban J connectivity index is 1.30. The molecule has 0 saturated carbocycles. The molecule has 5 nitrogen and oxygen atoms in total. The van der Waals surface area contributed by atoms with Crippen LogP contribution in [0.1, 0.15) is 32.6 Å². The number of carbonyl (C=O) groups is 1. The smallest absolute Gasteiger partial charge is 0.251 e. The predicted octanol–water partition coefficient (Wildman–Crippen LogP) is 4.58. The van der Waals surface area contributed by atoms with Crippen LogP contribution in [0.5, 0.6) is 0 Å². The lowest BCUT2D eigenvalue weighted by Crippen LogP contribution is -2.23. The van der Waals surface area contributed by atoms with Crippen molar-refractivity contribution in [3.8, 4) is 0 Å². The summed E-state index contributed by atoms with van der Waals surface area (Å²) < 4.78 is 7.73. The van der Waals surface area contributed by atoms with E-state index in [2.05, 4.69) is 10.4 Å². The third-order valence-corrected chi connectivity index (χ3v) is 5.05. The summed E-state index contributed by atoms with van der Waals surface area (Å²) in [6, 6.07) is 27.6. The Kier molecular flexibility index (Phi) is 6.88. The average molecular weight is 412 g/mol. The minimum Gasteiger partial charge on any atom is -0.372 e. The fourth-order valence-corrected chi connectivity index (χ4v) is 3.34. The highest BCUT2D eigenvalue weighted by Gasteiger charge is 2.08. The molecule has 0 unspecified atom stereocenters. The molecule has 0 radical (unpaired) electrons. The van der Waals surface area contributed by atoms with Gasteiger partial charge in [-0.25, -0.2) is 0 Å². The molecule has 1 N–H and O–H groups in total. The van der Waals surface area contributed by atoms with Gasteiger partial charge in [-0.15, -0.1) is 0 Å². The molecule has 1 amide bonds. The lowest BCUT2D eigenvalue weighted by atomic mass is 10.1. The second kappa shape index (κ2) is 10.4. The van der Waals surface area contributed by atoms with E-state index in [0.717, 1.165) is 22.3 Å². The third-order valence-electron chi connectivity index (χ3n) is 5.05. The normalized spacial score (nSPS) is 10.7. The molecule has 0 fully saturated rings. The Hall–Kier alpha value is -3.70. The number of nitrogens with one attached hydrogen (secondary N) is 1. The molecule has 3 aromatic carbocycles. The molecule has 0 aliphatic carbocycles. The lowest BCUT2D eigenvalue weighted by molar-refractivity contribution is 0.0947. The van der Waals surface area contributed by atoms with Gasteiger partial charge in [0, 0.05) is 24.5 Å². The summed E-state index contributed by atoms with van der Waals surface area (Å²) in [7, 11) is 0. The van der Waals surface area contributed by atoms with Crippen LogP contribution >= 0.6 is 0 Å². The van der Waals surface area contributed by atoms with Gasteiger partial charge in [0.05, 0.1) is 19.8 Å². The molecule has 0 spiro atoms. The third kappa shape index (κ3) is 5.90. The monoisotopic (exact) mass is 411 g/mol. The topological polar surface area (TPSA) is 56.1 Å². The van der Waals surface area contributed by atoms with Gasteiger partial charge in [-0.3, -0.25) is 9.48 Å². The Morgan fingerprint density at radius 3 is 2.29 bits per heavy atom. The first-order chi connectivity index (χ1) is 15.3. The fraction of sp³-hybridized carbons (Fsp3) is 0.154. The SMILES string of the molecule is O=C(NCc1ccccc1COCc1ccccc1)c1ccc(Cn2cccn2)cc1. The van der Waals surface area contributed by atoms with Crippen LogP contribution in [0.15, 0.2) is 97.3 Å². The second-order valence-corrected chi connectivity index (χ2v) is 7.33. The van der Waals surface area contributed by atoms with Crippen LogP contribution in [0, 0.1) is 0 Å². The van der Waals surface area contributed by atoms with Gasteiger partial charge in [-0.2, -0.15) is 5.10 Å². The van der Waals surface area contributed by atoms with Crippen molar-refractivity contribution in [2.45, 2.75) is 26.3 Å². The number of nitrogens with zero attached hydrogens (tertiary/aromatic N) is 2. The maximum Gasteiger partial charge on any atom is 0.251 e. The Bertz CT molecular complexity index is 1090. The van der Waals surface area contributed by atoms with Crippen molar-refractivity contribution < 1.29 is 9.53 Å². The Morgan fingerprint density at radius 1 is 0.806 bits per heavy atom. The van der Waals surface area contributed by atoms with Crippen LogP contribution in [0.25, 0.3) is 0 Å². The van der Waals surface area contributed by atoms with Crippen LogP contribution in [0.3, 0.4) is 0 Å². The first kappa shape index (κ1) is 20.6. The van der Waals surface area contributed by atoms with Crippen molar-refractivity contribution in [2.24, 2.45) is 0 Å².